The third kappa shape index (κ3) is 3.93. The molecule has 2 fully saturated rings. The first kappa shape index (κ1) is 17.9. The molecule has 5 heteroatoms. The van der Waals surface area contributed by atoms with E-state index < -0.39 is 0 Å². The summed E-state index contributed by atoms with van der Waals surface area (Å²) in [6.45, 7) is 1.39. The highest BCUT2D eigenvalue weighted by molar-refractivity contribution is 5.89. The first-order valence-corrected chi connectivity index (χ1v) is 9.72. The standard InChI is InChI=1S/C22H26N2O3/c25-20-8-4-13-22(20)14-5-15-24(16-22)21(26)23-17-9-11-19(12-10-17)27-18-6-2-1-3-7-18/h1-3,6-7,9-12,20,25H,4-5,8,13-16H2,(H,23,26)/t20-,22+/m1/s1. The van der Waals surface area contributed by atoms with Gasteiger partial charge in [0.15, 0.2) is 0 Å². The van der Waals surface area contributed by atoms with E-state index in [4.69, 9.17) is 4.74 Å². The van der Waals surface area contributed by atoms with Crippen LogP contribution in [0.15, 0.2) is 54.6 Å². The van der Waals surface area contributed by atoms with Crippen LogP contribution in [-0.4, -0.2) is 35.2 Å². The molecular formula is C22H26N2O3. The average molecular weight is 366 g/mol. The van der Waals surface area contributed by atoms with Crippen molar-refractivity contribution in [2.75, 3.05) is 18.4 Å². The molecule has 2 aromatic rings. The molecule has 1 saturated carbocycles. The Morgan fingerprint density at radius 3 is 2.44 bits per heavy atom. The van der Waals surface area contributed by atoms with Crippen molar-refractivity contribution in [1.82, 2.24) is 4.90 Å². The fourth-order valence-electron chi connectivity index (χ4n) is 4.36. The van der Waals surface area contributed by atoms with Crippen LogP contribution >= 0.6 is 0 Å². The fourth-order valence-corrected chi connectivity index (χ4v) is 4.36. The topological polar surface area (TPSA) is 61.8 Å². The van der Waals surface area contributed by atoms with Gasteiger partial charge in [0.05, 0.1) is 6.10 Å². The lowest BCUT2D eigenvalue weighted by Gasteiger charge is -2.42. The zero-order valence-electron chi connectivity index (χ0n) is 15.4. The molecule has 0 radical (unpaired) electrons. The lowest BCUT2D eigenvalue weighted by molar-refractivity contribution is 0.00400. The number of carbonyl (C=O) groups is 1. The van der Waals surface area contributed by atoms with E-state index in [1.54, 1.807) is 0 Å². The Labute approximate surface area is 160 Å². The highest BCUT2D eigenvalue weighted by atomic mass is 16.5. The summed E-state index contributed by atoms with van der Waals surface area (Å²) < 4.78 is 5.78. The van der Waals surface area contributed by atoms with Crippen molar-refractivity contribution in [1.29, 1.82) is 0 Å². The highest BCUT2D eigenvalue weighted by Crippen LogP contribution is 2.45. The van der Waals surface area contributed by atoms with E-state index in [9.17, 15) is 9.90 Å². The van der Waals surface area contributed by atoms with Crippen LogP contribution in [0.4, 0.5) is 10.5 Å². The Balaban J connectivity index is 1.36. The van der Waals surface area contributed by atoms with Crippen molar-refractivity contribution in [3.05, 3.63) is 54.6 Å². The highest BCUT2D eigenvalue weighted by Gasteiger charge is 2.45. The number of likely N-dealkylation sites (tertiary alicyclic amines) is 1. The van der Waals surface area contributed by atoms with Crippen LogP contribution in [0.25, 0.3) is 0 Å². The summed E-state index contributed by atoms with van der Waals surface area (Å²) in [4.78, 5) is 14.5. The van der Waals surface area contributed by atoms with Gasteiger partial charge in [-0.2, -0.15) is 0 Å². The van der Waals surface area contributed by atoms with Crippen molar-refractivity contribution in [2.24, 2.45) is 5.41 Å². The molecule has 2 aliphatic rings. The van der Waals surface area contributed by atoms with Crippen molar-refractivity contribution in [3.63, 3.8) is 0 Å². The molecule has 1 spiro atoms. The van der Waals surface area contributed by atoms with Crippen LogP contribution < -0.4 is 10.1 Å². The number of amides is 2. The van der Waals surface area contributed by atoms with Crippen LogP contribution in [0.2, 0.25) is 0 Å². The third-order valence-electron chi connectivity index (χ3n) is 5.84. The number of benzene rings is 2. The van der Waals surface area contributed by atoms with Gasteiger partial charge in [0.25, 0.3) is 0 Å². The summed E-state index contributed by atoms with van der Waals surface area (Å²) in [5.74, 6) is 1.51. The minimum absolute atomic E-state index is 0.0927. The van der Waals surface area contributed by atoms with Gasteiger partial charge in [-0.05, 0) is 62.1 Å². The number of nitrogens with one attached hydrogen (secondary N) is 1. The lowest BCUT2D eigenvalue weighted by atomic mass is 9.77. The predicted octanol–water partition coefficient (Wildman–Crippen LogP) is 4.64. The number of anilines is 1. The van der Waals surface area contributed by atoms with Gasteiger partial charge in [-0.1, -0.05) is 24.6 Å². The second kappa shape index (κ2) is 7.61. The van der Waals surface area contributed by atoms with Crippen molar-refractivity contribution < 1.29 is 14.6 Å². The number of ether oxygens (including phenoxy) is 1. The number of rotatable bonds is 3. The van der Waals surface area contributed by atoms with Crippen LogP contribution in [0.3, 0.4) is 0 Å². The minimum Gasteiger partial charge on any atom is -0.457 e. The van der Waals surface area contributed by atoms with Crippen molar-refractivity contribution in [2.45, 2.75) is 38.2 Å². The van der Waals surface area contributed by atoms with Crippen LogP contribution in [0, 0.1) is 5.41 Å². The van der Waals surface area contributed by atoms with Gasteiger partial charge in [-0.3, -0.25) is 0 Å². The fraction of sp³-hybridized carbons (Fsp3) is 0.409. The third-order valence-corrected chi connectivity index (χ3v) is 5.84. The van der Waals surface area contributed by atoms with Gasteiger partial charge in [0, 0.05) is 24.2 Å². The Bertz CT molecular complexity index is 778. The molecule has 1 saturated heterocycles. The number of hydrogen-bond acceptors (Lipinski definition) is 3. The molecule has 27 heavy (non-hydrogen) atoms. The molecule has 1 heterocycles. The van der Waals surface area contributed by atoms with E-state index in [0.717, 1.165) is 55.8 Å². The quantitative estimate of drug-likeness (QED) is 0.832. The Morgan fingerprint density at radius 2 is 1.74 bits per heavy atom. The molecule has 2 N–H and O–H groups in total. The summed E-state index contributed by atoms with van der Waals surface area (Å²) in [7, 11) is 0. The zero-order chi connectivity index (χ0) is 18.7. The van der Waals surface area contributed by atoms with E-state index in [0.29, 0.717) is 6.54 Å². The number of hydrogen-bond donors (Lipinski definition) is 2. The molecule has 1 aliphatic heterocycles. The first-order chi connectivity index (χ1) is 13.1. The molecule has 1 aliphatic carbocycles. The second-order valence-corrected chi connectivity index (χ2v) is 7.67. The van der Waals surface area contributed by atoms with E-state index in [1.165, 1.54) is 0 Å². The molecule has 0 unspecified atom stereocenters. The molecule has 0 aromatic heterocycles. The predicted molar refractivity (Wildman–Crippen MR) is 105 cm³/mol. The van der Waals surface area contributed by atoms with Gasteiger partial charge in [0.1, 0.15) is 11.5 Å². The van der Waals surface area contributed by atoms with Gasteiger partial charge in [0.2, 0.25) is 0 Å². The molecule has 2 atom stereocenters. The molecule has 2 aromatic carbocycles. The summed E-state index contributed by atoms with van der Waals surface area (Å²) in [6, 6.07) is 16.9. The van der Waals surface area contributed by atoms with E-state index >= 15 is 0 Å². The summed E-state index contributed by atoms with van der Waals surface area (Å²) in [5.41, 5.74) is 0.648. The largest absolute Gasteiger partial charge is 0.457 e. The molecule has 5 nitrogen and oxygen atoms in total. The maximum atomic E-state index is 12.7. The van der Waals surface area contributed by atoms with Gasteiger partial charge < -0.3 is 20.1 Å². The number of nitrogens with zero attached hydrogens (tertiary/aromatic N) is 1. The van der Waals surface area contributed by atoms with E-state index in [-0.39, 0.29) is 17.6 Å². The lowest BCUT2D eigenvalue weighted by Crippen LogP contribution is -2.50. The number of carbonyl (C=O) groups excluding carboxylic acids is 1. The maximum Gasteiger partial charge on any atom is 0.321 e. The van der Waals surface area contributed by atoms with Gasteiger partial charge in [-0.15, -0.1) is 0 Å². The Morgan fingerprint density at radius 1 is 1.04 bits per heavy atom. The second-order valence-electron chi connectivity index (χ2n) is 7.67. The number of urea groups is 1. The molecule has 0 bridgehead atoms. The number of aliphatic hydroxyl groups excluding tert-OH is 1. The molecule has 4 rings (SSSR count). The first-order valence-electron chi connectivity index (χ1n) is 9.72. The number of piperidine rings is 1. The summed E-state index contributed by atoms with van der Waals surface area (Å²) >= 11 is 0. The Kier molecular flexibility index (Phi) is 5.03. The van der Waals surface area contributed by atoms with Gasteiger partial charge in [-0.25, -0.2) is 4.79 Å². The van der Waals surface area contributed by atoms with Crippen LogP contribution in [-0.2, 0) is 0 Å². The zero-order valence-corrected chi connectivity index (χ0v) is 15.4. The molecule has 2 amide bonds. The minimum atomic E-state index is -0.275. The van der Waals surface area contributed by atoms with Crippen molar-refractivity contribution in [3.8, 4) is 11.5 Å². The van der Waals surface area contributed by atoms with Crippen molar-refractivity contribution >= 4 is 11.7 Å². The van der Waals surface area contributed by atoms with Crippen LogP contribution in [0.5, 0.6) is 11.5 Å². The van der Waals surface area contributed by atoms with E-state index in [2.05, 4.69) is 5.32 Å². The summed E-state index contributed by atoms with van der Waals surface area (Å²) in [6.07, 6.45) is 4.63. The van der Waals surface area contributed by atoms with Crippen LogP contribution in [0.1, 0.15) is 32.1 Å². The maximum absolute atomic E-state index is 12.7. The monoisotopic (exact) mass is 366 g/mol. The SMILES string of the molecule is O=C(Nc1ccc(Oc2ccccc2)cc1)N1CCC[C@@]2(CCC[C@H]2O)C1. The van der Waals surface area contributed by atoms with E-state index in [1.807, 2.05) is 59.5 Å². The summed E-state index contributed by atoms with van der Waals surface area (Å²) in [5, 5.41) is 13.3. The smallest absolute Gasteiger partial charge is 0.321 e. The molecule has 142 valence electrons. The van der Waals surface area contributed by atoms with Gasteiger partial charge >= 0.3 is 6.03 Å². The average Bonchev–Trinajstić information content (AvgIpc) is 3.03. The normalized spacial score (nSPS) is 24.8. The number of para-hydroxylation sites is 1. The Hall–Kier alpha value is -2.53. The number of aliphatic hydroxyl groups is 1. The molecular weight excluding hydrogens is 340 g/mol.